The standard InChI is InChI=1S/C36H56N4O5/c1-23(2)31(38(9)35(43)32(24(3)4)37-33(41)29-18-13-14-20-39(29)25(5)6)22-26(7)34(42)40-21-15-19-30(40)36(44)45-27(8)28-16-11-10-12-17-28/h10-12,16-17,22-25,27,29-32H,13-15,18-21H2,1-9H3,(H,37,41)/b26-22+/t27-,29?,30+,31-,32+/m1/s1. The van der Waals surface area contributed by atoms with E-state index in [-0.39, 0.29) is 47.7 Å². The van der Waals surface area contributed by atoms with Crippen molar-refractivity contribution < 1.29 is 23.9 Å². The first-order valence-corrected chi connectivity index (χ1v) is 16.8. The van der Waals surface area contributed by atoms with Crippen molar-refractivity contribution in [2.75, 3.05) is 20.1 Å². The van der Waals surface area contributed by atoms with Gasteiger partial charge in [-0.2, -0.15) is 0 Å². The van der Waals surface area contributed by atoms with Gasteiger partial charge in [-0.3, -0.25) is 19.3 Å². The van der Waals surface area contributed by atoms with Crippen LogP contribution in [0.1, 0.15) is 99.2 Å². The van der Waals surface area contributed by atoms with Crippen molar-refractivity contribution in [3.8, 4) is 0 Å². The van der Waals surface area contributed by atoms with Crippen LogP contribution in [-0.2, 0) is 23.9 Å². The zero-order valence-electron chi connectivity index (χ0n) is 28.9. The number of carbonyl (C=O) groups is 4. The van der Waals surface area contributed by atoms with Gasteiger partial charge in [0, 0.05) is 25.2 Å². The summed E-state index contributed by atoms with van der Waals surface area (Å²) < 4.78 is 5.77. The van der Waals surface area contributed by atoms with E-state index in [1.54, 1.807) is 23.8 Å². The van der Waals surface area contributed by atoms with Crippen LogP contribution < -0.4 is 5.32 Å². The lowest BCUT2D eigenvalue weighted by Gasteiger charge is -2.39. The van der Waals surface area contributed by atoms with E-state index in [2.05, 4.69) is 24.1 Å². The fourth-order valence-electron chi connectivity index (χ4n) is 6.59. The van der Waals surface area contributed by atoms with Crippen LogP contribution in [0, 0.1) is 11.8 Å². The summed E-state index contributed by atoms with van der Waals surface area (Å²) in [7, 11) is 1.74. The molecule has 2 aliphatic heterocycles. The minimum absolute atomic E-state index is 0.00560. The molecule has 1 aromatic rings. The molecule has 250 valence electrons. The van der Waals surface area contributed by atoms with Crippen LogP contribution in [-0.4, -0.2) is 88.7 Å². The molecule has 2 heterocycles. The molecule has 5 atom stereocenters. The molecule has 1 unspecified atom stereocenters. The second-order valence-corrected chi connectivity index (χ2v) is 13.8. The molecule has 0 saturated carbocycles. The van der Waals surface area contributed by atoms with Gasteiger partial charge in [-0.05, 0) is 77.3 Å². The molecule has 9 nitrogen and oxygen atoms in total. The third-order valence-electron chi connectivity index (χ3n) is 9.32. The third-order valence-corrected chi connectivity index (χ3v) is 9.32. The lowest BCUT2D eigenvalue weighted by Crippen LogP contribution is -2.58. The van der Waals surface area contributed by atoms with Crippen LogP contribution >= 0.6 is 0 Å². The Bertz CT molecular complexity index is 1200. The maximum Gasteiger partial charge on any atom is 0.329 e. The van der Waals surface area contributed by atoms with Gasteiger partial charge in [0.1, 0.15) is 18.2 Å². The molecule has 0 bridgehead atoms. The van der Waals surface area contributed by atoms with E-state index in [0.717, 1.165) is 37.8 Å². The number of likely N-dealkylation sites (tertiary alicyclic amines) is 2. The second-order valence-electron chi connectivity index (χ2n) is 13.8. The molecule has 9 heteroatoms. The van der Waals surface area contributed by atoms with Crippen molar-refractivity contribution in [1.29, 1.82) is 0 Å². The summed E-state index contributed by atoms with van der Waals surface area (Å²) in [5.74, 6) is -1.02. The predicted molar refractivity (Wildman–Crippen MR) is 177 cm³/mol. The van der Waals surface area contributed by atoms with Crippen molar-refractivity contribution in [1.82, 2.24) is 20.0 Å². The molecular formula is C36H56N4O5. The van der Waals surface area contributed by atoms with Gasteiger partial charge in [0.15, 0.2) is 0 Å². The summed E-state index contributed by atoms with van der Waals surface area (Å²) in [5.41, 5.74) is 1.38. The zero-order valence-corrected chi connectivity index (χ0v) is 28.9. The Labute approximate surface area is 270 Å². The molecule has 2 aliphatic rings. The van der Waals surface area contributed by atoms with Gasteiger partial charge in [-0.25, -0.2) is 4.79 Å². The summed E-state index contributed by atoms with van der Waals surface area (Å²) in [6, 6.07) is 7.84. The average molecular weight is 625 g/mol. The summed E-state index contributed by atoms with van der Waals surface area (Å²) >= 11 is 0. The van der Waals surface area contributed by atoms with Gasteiger partial charge in [-0.1, -0.05) is 70.5 Å². The van der Waals surface area contributed by atoms with Crippen LogP contribution in [0.5, 0.6) is 0 Å². The number of ether oxygens (including phenoxy) is 1. The molecule has 2 fully saturated rings. The van der Waals surface area contributed by atoms with E-state index in [1.807, 2.05) is 71.0 Å². The summed E-state index contributed by atoms with van der Waals surface area (Å²) in [4.78, 5) is 59.8. The number of nitrogens with one attached hydrogen (secondary N) is 1. The molecule has 3 rings (SSSR count). The van der Waals surface area contributed by atoms with E-state index in [4.69, 9.17) is 4.74 Å². The number of esters is 1. The first-order chi connectivity index (χ1) is 21.2. The second kappa shape index (κ2) is 16.4. The van der Waals surface area contributed by atoms with E-state index in [0.29, 0.717) is 18.5 Å². The van der Waals surface area contributed by atoms with Crippen LogP contribution in [0.3, 0.4) is 0 Å². The molecule has 3 amide bonds. The van der Waals surface area contributed by atoms with Crippen molar-refractivity contribution in [3.05, 3.63) is 47.5 Å². The lowest BCUT2D eigenvalue weighted by molar-refractivity contribution is -0.156. The molecule has 1 aromatic carbocycles. The maximum absolute atomic E-state index is 13.9. The summed E-state index contributed by atoms with van der Waals surface area (Å²) in [6.45, 7) is 17.0. The highest BCUT2D eigenvalue weighted by Crippen LogP contribution is 2.26. The SMILES string of the molecule is C/C(=C\[C@H](C(C)C)N(C)C(=O)[C@@H](NC(=O)C1CCCCN1C(C)C)C(C)C)C(=O)N1CCC[C@H]1C(=O)O[C@H](C)c1ccccc1. The lowest BCUT2D eigenvalue weighted by atomic mass is 9.95. The van der Waals surface area contributed by atoms with Gasteiger partial charge < -0.3 is 19.9 Å². The monoisotopic (exact) mass is 624 g/mol. The van der Waals surface area contributed by atoms with Gasteiger partial charge in [-0.15, -0.1) is 0 Å². The molecule has 0 radical (unpaired) electrons. The highest BCUT2D eigenvalue weighted by molar-refractivity contribution is 5.96. The fraction of sp³-hybridized carbons (Fsp3) is 0.667. The normalized spacial score (nSPS) is 21.5. The van der Waals surface area contributed by atoms with Gasteiger partial charge >= 0.3 is 5.97 Å². The number of hydrogen-bond donors (Lipinski definition) is 1. The molecule has 1 N–H and O–H groups in total. The van der Waals surface area contributed by atoms with E-state index in [9.17, 15) is 19.2 Å². The average Bonchev–Trinajstić information content (AvgIpc) is 3.51. The minimum atomic E-state index is -0.687. The topological polar surface area (TPSA) is 99.3 Å². The zero-order chi connectivity index (χ0) is 33.4. The Morgan fingerprint density at radius 2 is 1.53 bits per heavy atom. The van der Waals surface area contributed by atoms with Gasteiger partial charge in [0.05, 0.1) is 12.1 Å². The van der Waals surface area contributed by atoms with E-state index in [1.165, 1.54) is 0 Å². The Kier molecular flexibility index (Phi) is 13.2. The maximum atomic E-state index is 13.9. The molecule has 0 aliphatic carbocycles. The minimum Gasteiger partial charge on any atom is -0.456 e. The number of carbonyl (C=O) groups excluding carboxylic acids is 4. The number of rotatable bonds is 12. The molecule has 45 heavy (non-hydrogen) atoms. The van der Waals surface area contributed by atoms with Crippen molar-refractivity contribution in [2.45, 2.75) is 124 Å². The first-order valence-electron chi connectivity index (χ1n) is 16.8. The molecular weight excluding hydrogens is 568 g/mol. The highest BCUT2D eigenvalue weighted by atomic mass is 16.5. The number of nitrogens with zero attached hydrogens (tertiary/aromatic N) is 3. The molecule has 0 spiro atoms. The Morgan fingerprint density at radius 1 is 0.889 bits per heavy atom. The fourth-order valence-corrected chi connectivity index (χ4v) is 6.59. The molecule has 0 aromatic heterocycles. The Morgan fingerprint density at radius 3 is 2.13 bits per heavy atom. The summed E-state index contributed by atoms with van der Waals surface area (Å²) in [6.07, 6.45) is 5.54. The quantitative estimate of drug-likeness (QED) is 0.256. The van der Waals surface area contributed by atoms with Crippen LogP contribution in [0.4, 0.5) is 0 Å². The van der Waals surface area contributed by atoms with Crippen LogP contribution in [0.2, 0.25) is 0 Å². The van der Waals surface area contributed by atoms with Crippen molar-refractivity contribution in [2.24, 2.45) is 11.8 Å². The van der Waals surface area contributed by atoms with Gasteiger partial charge in [0.2, 0.25) is 17.7 Å². The Balaban J connectivity index is 1.73. The van der Waals surface area contributed by atoms with Crippen LogP contribution in [0.25, 0.3) is 0 Å². The van der Waals surface area contributed by atoms with Crippen molar-refractivity contribution >= 4 is 23.7 Å². The van der Waals surface area contributed by atoms with Crippen LogP contribution in [0.15, 0.2) is 42.0 Å². The number of benzene rings is 1. The van der Waals surface area contributed by atoms with E-state index >= 15 is 0 Å². The number of amides is 3. The van der Waals surface area contributed by atoms with Gasteiger partial charge in [0.25, 0.3) is 0 Å². The number of likely N-dealkylation sites (N-methyl/N-ethyl adjacent to an activating group) is 1. The molecule has 2 saturated heterocycles. The number of hydrogen-bond acceptors (Lipinski definition) is 6. The smallest absolute Gasteiger partial charge is 0.329 e. The van der Waals surface area contributed by atoms with E-state index < -0.39 is 24.2 Å². The van der Waals surface area contributed by atoms with Crippen molar-refractivity contribution in [3.63, 3.8) is 0 Å². The third kappa shape index (κ3) is 9.18. The Hall–Kier alpha value is -3.20. The summed E-state index contributed by atoms with van der Waals surface area (Å²) in [5, 5.41) is 3.09. The number of piperidine rings is 1. The predicted octanol–water partition coefficient (Wildman–Crippen LogP) is 5.11. The largest absolute Gasteiger partial charge is 0.456 e. The highest BCUT2D eigenvalue weighted by Gasteiger charge is 2.38. The first kappa shape index (κ1) is 36.3.